The highest BCUT2D eigenvalue weighted by Crippen LogP contribution is 2.02. The van der Waals surface area contributed by atoms with Crippen molar-refractivity contribution in [3.63, 3.8) is 0 Å². The Hall–Kier alpha value is 0.194. The quantitative estimate of drug-likeness (QED) is 0.672. The van der Waals surface area contributed by atoms with Gasteiger partial charge in [0, 0.05) is 55.8 Å². The molecule has 0 radical (unpaired) electrons. The van der Waals surface area contributed by atoms with Crippen LogP contribution in [0.4, 0.5) is 0 Å². The summed E-state index contributed by atoms with van der Waals surface area (Å²) in [4.78, 5) is 0. The molecule has 100 valence electrons. The van der Waals surface area contributed by atoms with Crippen molar-refractivity contribution in [2.45, 2.75) is 13.1 Å². The molecular weight excluding hydrogens is 248 g/mol. The summed E-state index contributed by atoms with van der Waals surface area (Å²) in [5.74, 6) is 0. The Morgan fingerprint density at radius 2 is 0.562 bits per heavy atom. The van der Waals surface area contributed by atoms with Crippen molar-refractivity contribution in [2.75, 3.05) is 42.7 Å². The Morgan fingerprint density at radius 3 is 0.562 bits per heavy atom. The fraction of sp³-hybridized carbons (Fsp3) is 1.00. The maximum atomic E-state index is 4.93. The summed E-state index contributed by atoms with van der Waals surface area (Å²) >= 11 is 0. The topological polar surface area (TPSA) is 55.4 Å². The normalized spacial score (nSPS) is 12.0. The molecule has 0 aromatic rings. The van der Waals surface area contributed by atoms with E-state index in [0.717, 1.165) is 0 Å². The van der Waals surface area contributed by atoms with Crippen molar-refractivity contribution in [3.05, 3.63) is 0 Å². The molecule has 0 heterocycles. The first-order valence-corrected chi connectivity index (χ1v) is 9.12. The summed E-state index contributed by atoms with van der Waals surface area (Å²) in [6.07, 6.45) is 0. The molecule has 0 spiro atoms. The van der Waals surface area contributed by atoms with Crippen LogP contribution in [0.2, 0.25) is 13.1 Å². The SMILES string of the molecule is CO[Si](C)(OC)OC.CO[Si](C)(OC)OC. The summed E-state index contributed by atoms with van der Waals surface area (Å²) in [6.45, 7) is 3.65. The van der Waals surface area contributed by atoms with Crippen LogP contribution in [0.15, 0.2) is 0 Å². The Balaban J connectivity index is 0. The predicted molar refractivity (Wildman–Crippen MR) is 65.3 cm³/mol. The van der Waals surface area contributed by atoms with Crippen LogP contribution >= 0.6 is 0 Å². The number of hydrogen-bond donors (Lipinski definition) is 0. The first kappa shape index (κ1) is 18.6. The Labute approximate surface area is 100 Å². The Bertz CT molecular complexity index is 126. The van der Waals surface area contributed by atoms with Gasteiger partial charge in [-0.3, -0.25) is 0 Å². The van der Waals surface area contributed by atoms with E-state index in [2.05, 4.69) is 0 Å². The third-order valence-corrected chi connectivity index (χ3v) is 6.67. The summed E-state index contributed by atoms with van der Waals surface area (Å²) in [5, 5.41) is 0. The predicted octanol–water partition coefficient (Wildman–Crippen LogP) is 0.989. The second kappa shape index (κ2) is 9.25. The van der Waals surface area contributed by atoms with E-state index in [0.29, 0.717) is 0 Å². The minimum atomic E-state index is -2.17. The minimum absolute atomic E-state index is 1.58. The molecule has 16 heavy (non-hydrogen) atoms. The zero-order chi connectivity index (χ0) is 13.2. The van der Waals surface area contributed by atoms with Gasteiger partial charge in [-0.25, -0.2) is 0 Å². The maximum absolute atomic E-state index is 4.93. The highest BCUT2D eigenvalue weighted by atomic mass is 28.4. The Kier molecular flexibility index (Phi) is 10.7. The van der Waals surface area contributed by atoms with Gasteiger partial charge in [0.1, 0.15) is 0 Å². The van der Waals surface area contributed by atoms with Crippen molar-refractivity contribution < 1.29 is 26.6 Å². The van der Waals surface area contributed by atoms with E-state index in [1.165, 1.54) is 0 Å². The van der Waals surface area contributed by atoms with Crippen molar-refractivity contribution in [2.24, 2.45) is 0 Å². The van der Waals surface area contributed by atoms with Crippen molar-refractivity contribution in [3.8, 4) is 0 Å². The van der Waals surface area contributed by atoms with E-state index in [1.807, 2.05) is 13.1 Å². The first-order chi connectivity index (χ1) is 7.36. The van der Waals surface area contributed by atoms with Gasteiger partial charge in [-0.15, -0.1) is 0 Å². The third-order valence-electron chi connectivity index (χ3n) is 2.22. The lowest BCUT2D eigenvalue weighted by atomic mass is 11.8. The monoisotopic (exact) mass is 272 g/mol. The molecule has 0 unspecified atom stereocenters. The first-order valence-electron chi connectivity index (χ1n) is 4.67. The summed E-state index contributed by atoms with van der Waals surface area (Å²) in [6, 6.07) is 0. The molecule has 0 aliphatic rings. The lowest BCUT2D eigenvalue weighted by molar-refractivity contribution is 0.131. The van der Waals surface area contributed by atoms with E-state index in [1.54, 1.807) is 42.7 Å². The highest BCUT2D eigenvalue weighted by molar-refractivity contribution is 6.59. The fourth-order valence-corrected chi connectivity index (χ4v) is 1.50. The van der Waals surface area contributed by atoms with Crippen LogP contribution in [-0.2, 0) is 26.6 Å². The van der Waals surface area contributed by atoms with E-state index >= 15 is 0 Å². The molecule has 0 saturated heterocycles. The summed E-state index contributed by atoms with van der Waals surface area (Å²) in [7, 11) is 5.15. The molecule has 0 aliphatic heterocycles. The molecule has 0 bridgehead atoms. The molecular formula is C8H24O6Si2. The van der Waals surface area contributed by atoms with Crippen LogP contribution < -0.4 is 0 Å². The van der Waals surface area contributed by atoms with Crippen LogP contribution in [0, 0.1) is 0 Å². The van der Waals surface area contributed by atoms with Gasteiger partial charge in [0.25, 0.3) is 0 Å². The molecule has 0 rings (SSSR count). The molecule has 0 amide bonds. The lowest BCUT2D eigenvalue weighted by Gasteiger charge is -2.18. The molecule has 0 aliphatic carbocycles. The second-order valence-corrected chi connectivity index (χ2v) is 8.85. The van der Waals surface area contributed by atoms with Gasteiger partial charge in [0.2, 0.25) is 0 Å². The van der Waals surface area contributed by atoms with Crippen LogP contribution in [0.25, 0.3) is 0 Å². The van der Waals surface area contributed by atoms with Crippen LogP contribution in [0.1, 0.15) is 0 Å². The minimum Gasteiger partial charge on any atom is -0.377 e. The highest BCUT2D eigenvalue weighted by Gasteiger charge is 2.29. The zero-order valence-corrected chi connectivity index (χ0v) is 13.4. The van der Waals surface area contributed by atoms with E-state index < -0.39 is 17.6 Å². The van der Waals surface area contributed by atoms with Crippen LogP contribution in [0.3, 0.4) is 0 Å². The smallest absolute Gasteiger partial charge is 0.377 e. The molecule has 0 fully saturated rings. The van der Waals surface area contributed by atoms with Gasteiger partial charge >= 0.3 is 17.6 Å². The van der Waals surface area contributed by atoms with E-state index in [-0.39, 0.29) is 0 Å². The van der Waals surface area contributed by atoms with Crippen molar-refractivity contribution >= 4 is 17.6 Å². The average Bonchev–Trinajstić information content (AvgIpc) is 2.37. The van der Waals surface area contributed by atoms with Gasteiger partial charge < -0.3 is 26.6 Å². The van der Waals surface area contributed by atoms with E-state index in [4.69, 9.17) is 26.6 Å². The molecule has 6 nitrogen and oxygen atoms in total. The molecule has 0 atom stereocenters. The largest absolute Gasteiger partial charge is 0.496 e. The molecule has 0 aromatic carbocycles. The standard InChI is InChI=1S/2C4H12O3Si/c2*1-5-8(4,6-2)7-3/h2*1-4H3. The second-order valence-electron chi connectivity index (χ2n) is 2.95. The third kappa shape index (κ3) is 7.46. The van der Waals surface area contributed by atoms with Gasteiger partial charge in [-0.2, -0.15) is 0 Å². The van der Waals surface area contributed by atoms with Crippen LogP contribution in [-0.4, -0.2) is 60.3 Å². The molecule has 0 aromatic heterocycles. The zero-order valence-electron chi connectivity index (χ0n) is 11.4. The van der Waals surface area contributed by atoms with Gasteiger partial charge in [-0.1, -0.05) is 0 Å². The molecule has 8 heteroatoms. The average molecular weight is 272 g/mol. The summed E-state index contributed by atoms with van der Waals surface area (Å²) in [5.41, 5.74) is 0. The molecule has 0 saturated carbocycles. The van der Waals surface area contributed by atoms with Gasteiger partial charge in [0.15, 0.2) is 0 Å². The van der Waals surface area contributed by atoms with Crippen molar-refractivity contribution in [1.29, 1.82) is 0 Å². The fourth-order valence-electron chi connectivity index (χ4n) is 0.500. The molecule has 0 N–H and O–H groups in total. The summed E-state index contributed by atoms with van der Waals surface area (Å²) < 4.78 is 29.6. The maximum Gasteiger partial charge on any atom is 0.496 e. The lowest BCUT2D eigenvalue weighted by Crippen LogP contribution is -2.38. The number of rotatable bonds is 6. The van der Waals surface area contributed by atoms with Gasteiger partial charge in [0.05, 0.1) is 0 Å². The van der Waals surface area contributed by atoms with Gasteiger partial charge in [-0.05, 0) is 0 Å². The number of hydrogen-bond acceptors (Lipinski definition) is 6. The van der Waals surface area contributed by atoms with Crippen molar-refractivity contribution in [1.82, 2.24) is 0 Å². The van der Waals surface area contributed by atoms with Crippen LogP contribution in [0.5, 0.6) is 0 Å². The van der Waals surface area contributed by atoms with E-state index in [9.17, 15) is 0 Å². The Morgan fingerprint density at radius 1 is 0.438 bits per heavy atom.